The van der Waals surface area contributed by atoms with E-state index in [1.165, 1.54) is 77.0 Å². The maximum absolute atomic E-state index is 13.6. The number of Topliss-reactive ketones (excluding diaryl/α,β-unsaturated/α-hetero) is 2. The van der Waals surface area contributed by atoms with Crippen molar-refractivity contribution in [2.24, 2.45) is 11.5 Å². The molecule has 0 saturated carbocycles. The molecule has 0 aliphatic rings. The number of nitrogens with zero attached hydrogens (tertiary/aromatic N) is 1. The van der Waals surface area contributed by atoms with Crippen LogP contribution in [0.25, 0.3) is 0 Å². The fraction of sp³-hybridized carbons (Fsp3) is 0.844. The van der Waals surface area contributed by atoms with Gasteiger partial charge in [0.25, 0.3) is 0 Å². The lowest BCUT2D eigenvalue weighted by atomic mass is 9.97. The van der Waals surface area contributed by atoms with Crippen molar-refractivity contribution in [3.63, 3.8) is 0 Å². The van der Waals surface area contributed by atoms with Crippen molar-refractivity contribution in [1.29, 1.82) is 0 Å². The highest BCUT2D eigenvalue weighted by atomic mass is 35.5. The zero-order valence-electron chi connectivity index (χ0n) is 35.0. The normalized spacial score (nSPS) is 13.3. The first-order chi connectivity index (χ1) is 25.9. The van der Waals surface area contributed by atoms with Crippen LogP contribution in [-0.4, -0.2) is 70.5 Å². The average molecular weight is 785 g/mol. The number of ketones is 2. The molecule has 9 heteroatoms. The van der Waals surface area contributed by atoms with Crippen molar-refractivity contribution in [3.05, 3.63) is 24.3 Å². The zero-order valence-corrected chi connectivity index (χ0v) is 35.8. The molecule has 0 aliphatic heterocycles. The third-order valence-electron chi connectivity index (χ3n) is 10.4. The second kappa shape index (κ2) is 41.1. The number of halogens is 1. The Labute approximate surface area is 338 Å². The van der Waals surface area contributed by atoms with E-state index >= 15 is 0 Å². The molecule has 0 fully saturated rings. The number of rotatable bonds is 40. The lowest BCUT2D eigenvalue weighted by molar-refractivity contribution is -0.150. The standard InChI is InChI=1S/C45H85N3O5.ClH/c1-3-5-7-9-11-13-15-17-19-21-23-25-27-29-31-35-43(51)41(38-49)48(45(53)40(47)34-33-37-46)42(39-50)44(52)36-32-30-28-26-24-22-20-18-16-14-12-10-8-6-4-2;/h17-20,40-42,49-50H,3-16,21-39,46-47H2,1-2H3;1H/b19-17-,20-18-;/t40-,41?,42?;/m0./s1. The molecule has 0 saturated heterocycles. The third kappa shape index (κ3) is 29.7. The van der Waals surface area contributed by atoms with E-state index in [1.807, 2.05) is 0 Å². The van der Waals surface area contributed by atoms with Gasteiger partial charge >= 0.3 is 0 Å². The number of aliphatic hydroxyl groups is 2. The first-order valence-corrected chi connectivity index (χ1v) is 22.2. The minimum absolute atomic E-state index is 0. The van der Waals surface area contributed by atoms with Gasteiger partial charge in [0.2, 0.25) is 5.91 Å². The average Bonchev–Trinajstić information content (AvgIpc) is 3.16. The van der Waals surface area contributed by atoms with E-state index in [0.717, 1.165) is 81.9 Å². The molecule has 2 unspecified atom stereocenters. The van der Waals surface area contributed by atoms with E-state index in [4.69, 9.17) is 11.5 Å². The minimum atomic E-state index is -1.21. The van der Waals surface area contributed by atoms with Crippen LogP contribution >= 0.6 is 12.4 Å². The summed E-state index contributed by atoms with van der Waals surface area (Å²) < 4.78 is 0. The van der Waals surface area contributed by atoms with E-state index in [2.05, 4.69) is 38.2 Å². The van der Waals surface area contributed by atoms with Gasteiger partial charge in [-0.1, -0.05) is 141 Å². The molecular formula is C45H86ClN3O5. The molecule has 54 heavy (non-hydrogen) atoms. The molecule has 0 heterocycles. The molecule has 8 nitrogen and oxygen atoms in total. The van der Waals surface area contributed by atoms with Gasteiger partial charge in [-0.05, 0) is 83.6 Å². The van der Waals surface area contributed by atoms with Crippen LogP contribution in [0.5, 0.6) is 0 Å². The van der Waals surface area contributed by atoms with Crippen molar-refractivity contribution in [2.45, 2.75) is 225 Å². The summed E-state index contributed by atoms with van der Waals surface area (Å²) in [5.74, 6) is -1.18. The van der Waals surface area contributed by atoms with Gasteiger partial charge in [-0.3, -0.25) is 14.4 Å². The summed E-state index contributed by atoms with van der Waals surface area (Å²) >= 11 is 0. The van der Waals surface area contributed by atoms with Crippen molar-refractivity contribution >= 4 is 29.9 Å². The third-order valence-corrected chi connectivity index (χ3v) is 10.4. The molecular weight excluding hydrogens is 698 g/mol. The van der Waals surface area contributed by atoms with Crippen molar-refractivity contribution in [2.75, 3.05) is 19.8 Å². The molecule has 0 aliphatic carbocycles. The van der Waals surface area contributed by atoms with Crippen LogP contribution < -0.4 is 11.5 Å². The number of aliphatic hydroxyl groups excluding tert-OH is 2. The Kier molecular flexibility index (Phi) is 41.5. The Morgan fingerprint density at radius 2 is 0.833 bits per heavy atom. The van der Waals surface area contributed by atoms with E-state index < -0.39 is 37.2 Å². The Hall–Kier alpha value is -1.58. The van der Waals surface area contributed by atoms with Crippen molar-refractivity contribution in [1.82, 2.24) is 4.90 Å². The molecule has 318 valence electrons. The second-order valence-corrected chi connectivity index (χ2v) is 15.3. The van der Waals surface area contributed by atoms with Crippen LogP contribution in [0.4, 0.5) is 0 Å². The number of carbonyl (C=O) groups is 3. The van der Waals surface area contributed by atoms with E-state index in [1.54, 1.807) is 0 Å². The summed E-state index contributed by atoms with van der Waals surface area (Å²) in [7, 11) is 0. The SMILES string of the molecule is CCCCCCCC/C=C\CCCCCCCC(=O)C(CO)N(C(=O)[C@@H](N)CCCN)C(CO)C(=O)CCCCCCC/C=C\CCCCCCCC.Cl. The molecule has 0 radical (unpaired) electrons. The van der Waals surface area contributed by atoms with Gasteiger partial charge in [0.15, 0.2) is 11.6 Å². The van der Waals surface area contributed by atoms with Gasteiger partial charge in [0.05, 0.1) is 19.3 Å². The minimum Gasteiger partial charge on any atom is -0.394 e. The summed E-state index contributed by atoms with van der Waals surface area (Å²) in [5.41, 5.74) is 11.9. The molecule has 0 aromatic heterocycles. The summed E-state index contributed by atoms with van der Waals surface area (Å²) in [4.78, 5) is 41.6. The molecule has 0 spiro atoms. The molecule has 1 amide bonds. The van der Waals surface area contributed by atoms with Crippen LogP contribution in [0.3, 0.4) is 0 Å². The second-order valence-electron chi connectivity index (χ2n) is 15.3. The van der Waals surface area contributed by atoms with Crippen LogP contribution in [0.1, 0.15) is 206 Å². The summed E-state index contributed by atoms with van der Waals surface area (Å²) in [5, 5.41) is 20.7. The summed E-state index contributed by atoms with van der Waals surface area (Å²) in [6, 6.07) is -3.39. The Morgan fingerprint density at radius 3 is 1.15 bits per heavy atom. The maximum Gasteiger partial charge on any atom is 0.240 e. The van der Waals surface area contributed by atoms with E-state index in [-0.39, 0.29) is 36.8 Å². The first kappa shape index (κ1) is 54.5. The first-order valence-electron chi connectivity index (χ1n) is 22.2. The quantitative estimate of drug-likeness (QED) is 0.0357. The number of allylic oxidation sites excluding steroid dienone is 4. The summed E-state index contributed by atoms with van der Waals surface area (Å²) in [6.07, 6.45) is 40.3. The van der Waals surface area contributed by atoms with Gasteiger partial charge in [-0.25, -0.2) is 0 Å². The predicted octanol–water partition coefficient (Wildman–Crippen LogP) is 10.2. The Morgan fingerprint density at radius 1 is 0.519 bits per heavy atom. The fourth-order valence-electron chi connectivity index (χ4n) is 6.94. The highest BCUT2D eigenvalue weighted by Crippen LogP contribution is 2.19. The number of hydrogen-bond acceptors (Lipinski definition) is 7. The smallest absolute Gasteiger partial charge is 0.240 e. The van der Waals surface area contributed by atoms with Gasteiger partial charge in [0, 0.05) is 12.8 Å². The number of unbranched alkanes of at least 4 members (excludes halogenated alkanes) is 22. The molecule has 0 rings (SSSR count). The predicted molar refractivity (Wildman–Crippen MR) is 231 cm³/mol. The lowest BCUT2D eigenvalue weighted by Crippen LogP contribution is -2.60. The molecule has 0 bridgehead atoms. The monoisotopic (exact) mass is 784 g/mol. The van der Waals surface area contributed by atoms with Crippen molar-refractivity contribution in [3.8, 4) is 0 Å². The van der Waals surface area contributed by atoms with Crippen LogP contribution in [-0.2, 0) is 14.4 Å². The topological polar surface area (TPSA) is 147 Å². The van der Waals surface area contributed by atoms with Crippen LogP contribution in [0, 0.1) is 0 Å². The molecule has 0 aromatic rings. The lowest BCUT2D eigenvalue weighted by Gasteiger charge is -2.37. The van der Waals surface area contributed by atoms with Gasteiger partial charge in [0.1, 0.15) is 12.1 Å². The highest BCUT2D eigenvalue weighted by molar-refractivity contribution is 5.95. The largest absolute Gasteiger partial charge is 0.394 e. The maximum atomic E-state index is 13.6. The van der Waals surface area contributed by atoms with Gasteiger partial charge in [-0.15, -0.1) is 12.4 Å². The Balaban J connectivity index is 0. The van der Waals surface area contributed by atoms with Gasteiger partial charge in [-0.2, -0.15) is 0 Å². The van der Waals surface area contributed by atoms with E-state index in [9.17, 15) is 24.6 Å². The zero-order chi connectivity index (χ0) is 39.2. The van der Waals surface area contributed by atoms with Crippen molar-refractivity contribution < 1.29 is 24.6 Å². The van der Waals surface area contributed by atoms with E-state index in [0.29, 0.717) is 32.2 Å². The molecule has 6 N–H and O–H groups in total. The fourth-order valence-corrected chi connectivity index (χ4v) is 6.94. The number of hydrogen-bond donors (Lipinski definition) is 4. The number of carbonyl (C=O) groups excluding carboxylic acids is 3. The number of amides is 1. The Bertz CT molecular complexity index is 871. The van der Waals surface area contributed by atoms with Crippen LogP contribution in [0.15, 0.2) is 24.3 Å². The number of nitrogens with two attached hydrogens (primary N) is 2. The molecule has 0 aromatic carbocycles. The van der Waals surface area contributed by atoms with Crippen LogP contribution in [0.2, 0.25) is 0 Å². The highest BCUT2D eigenvalue weighted by Gasteiger charge is 2.39. The van der Waals surface area contributed by atoms with Gasteiger partial charge < -0.3 is 26.6 Å². The summed E-state index contributed by atoms with van der Waals surface area (Å²) in [6.45, 7) is 3.62. The molecule has 3 atom stereocenters.